The summed E-state index contributed by atoms with van der Waals surface area (Å²) in [5, 5.41) is 0. The summed E-state index contributed by atoms with van der Waals surface area (Å²) in [6.45, 7) is 8.64. The first-order valence-corrected chi connectivity index (χ1v) is 11.2. The van der Waals surface area contributed by atoms with Gasteiger partial charge in [0.25, 0.3) is 0 Å². The van der Waals surface area contributed by atoms with E-state index in [1.807, 2.05) is 25.7 Å². The van der Waals surface area contributed by atoms with E-state index in [1.54, 1.807) is 7.11 Å². The zero-order valence-corrected chi connectivity index (χ0v) is 18.4. The number of methoxy groups -OCH3 is 1. The Bertz CT molecular complexity index is 726. The molecular weight excluding hydrogens is 364 g/mol. The van der Waals surface area contributed by atoms with Gasteiger partial charge >= 0.3 is 6.09 Å². The Kier molecular flexibility index (Phi) is 5.54. The van der Waals surface area contributed by atoms with Gasteiger partial charge in [-0.25, -0.2) is 4.79 Å². The second kappa shape index (κ2) is 7.82. The van der Waals surface area contributed by atoms with Gasteiger partial charge in [-0.2, -0.15) is 0 Å². The number of benzene rings is 1. The smallest absolute Gasteiger partial charge is 0.410 e. The van der Waals surface area contributed by atoms with Crippen LogP contribution in [-0.4, -0.2) is 54.3 Å². The average Bonchev–Trinajstić information content (AvgIpc) is 3.14. The Morgan fingerprint density at radius 1 is 1.10 bits per heavy atom. The second-order valence-electron chi connectivity index (χ2n) is 10.2. The monoisotopic (exact) mass is 400 g/mol. The minimum atomic E-state index is -0.420. The molecule has 1 aromatic carbocycles. The van der Waals surface area contributed by atoms with Crippen LogP contribution in [0.5, 0.6) is 5.75 Å². The number of nitrogens with zero attached hydrogens (tertiary/aromatic N) is 2. The molecule has 0 aromatic heterocycles. The van der Waals surface area contributed by atoms with Crippen LogP contribution in [0.25, 0.3) is 0 Å². The van der Waals surface area contributed by atoms with Gasteiger partial charge in [-0.1, -0.05) is 18.2 Å². The van der Waals surface area contributed by atoms with E-state index in [-0.39, 0.29) is 6.09 Å². The highest BCUT2D eigenvalue weighted by molar-refractivity contribution is 5.68. The number of hydrogen-bond donors (Lipinski definition) is 0. The third-order valence-electron chi connectivity index (χ3n) is 7.07. The normalized spacial score (nSPS) is 25.1. The lowest BCUT2D eigenvalue weighted by atomic mass is 9.60. The molecule has 0 unspecified atom stereocenters. The lowest BCUT2D eigenvalue weighted by Crippen LogP contribution is -2.55. The molecule has 5 heteroatoms. The number of ether oxygens (including phenoxy) is 2. The summed E-state index contributed by atoms with van der Waals surface area (Å²) in [4.78, 5) is 17.0. The molecule has 2 aliphatic heterocycles. The highest BCUT2D eigenvalue weighted by atomic mass is 16.6. The van der Waals surface area contributed by atoms with Crippen molar-refractivity contribution in [1.82, 2.24) is 9.80 Å². The van der Waals surface area contributed by atoms with Gasteiger partial charge in [0.2, 0.25) is 0 Å². The fourth-order valence-electron chi connectivity index (χ4n) is 5.57. The molecule has 4 rings (SSSR count). The summed E-state index contributed by atoms with van der Waals surface area (Å²) in [6.07, 6.45) is 7.07. The van der Waals surface area contributed by atoms with Crippen LogP contribution >= 0.6 is 0 Å². The van der Waals surface area contributed by atoms with Crippen molar-refractivity contribution in [3.8, 4) is 5.75 Å². The molecule has 2 saturated heterocycles. The number of piperidine rings is 1. The SMILES string of the molecule is COc1ccccc1[C@@H]1CCCN1C1CC2(CCN(C(=O)OC(C)(C)C)CC2)C1. The molecule has 0 radical (unpaired) electrons. The first-order chi connectivity index (χ1) is 13.8. The van der Waals surface area contributed by atoms with Gasteiger partial charge in [-0.15, -0.1) is 0 Å². The van der Waals surface area contributed by atoms with E-state index < -0.39 is 5.60 Å². The van der Waals surface area contributed by atoms with E-state index in [2.05, 4.69) is 29.2 Å². The molecule has 1 amide bonds. The molecule has 3 aliphatic rings. The van der Waals surface area contributed by atoms with Crippen LogP contribution in [0.3, 0.4) is 0 Å². The molecule has 3 fully saturated rings. The Hall–Kier alpha value is -1.75. The third-order valence-corrected chi connectivity index (χ3v) is 7.07. The number of carbonyl (C=O) groups excluding carboxylic acids is 1. The van der Waals surface area contributed by atoms with Crippen LogP contribution in [0.1, 0.15) is 70.9 Å². The van der Waals surface area contributed by atoms with Crippen LogP contribution in [0.4, 0.5) is 4.79 Å². The van der Waals surface area contributed by atoms with Gasteiger partial charge in [-0.05, 0) is 77.3 Å². The summed E-state index contributed by atoms with van der Waals surface area (Å²) < 4.78 is 11.2. The standard InChI is InChI=1S/C24H36N2O3/c1-23(2,3)29-22(27)25-14-11-24(12-15-25)16-18(17-24)26-13-7-9-20(26)19-8-5-6-10-21(19)28-4/h5-6,8,10,18,20H,7,9,11-17H2,1-4H3/t20-/m0/s1. The number of amides is 1. The molecule has 5 nitrogen and oxygen atoms in total. The van der Waals surface area contributed by atoms with Crippen LogP contribution in [0.15, 0.2) is 24.3 Å². The predicted octanol–water partition coefficient (Wildman–Crippen LogP) is 5.01. The maximum Gasteiger partial charge on any atom is 0.410 e. The van der Waals surface area contributed by atoms with Crippen molar-refractivity contribution in [2.24, 2.45) is 5.41 Å². The van der Waals surface area contributed by atoms with E-state index in [9.17, 15) is 4.79 Å². The van der Waals surface area contributed by atoms with Crippen LogP contribution in [-0.2, 0) is 4.74 Å². The van der Waals surface area contributed by atoms with Crippen molar-refractivity contribution in [1.29, 1.82) is 0 Å². The van der Waals surface area contributed by atoms with E-state index in [0.29, 0.717) is 17.5 Å². The van der Waals surface area contributed by atoms with Crippen molar-refractivity contribution in [2.45, 2.75) is 77.0 Å². The highest BCUT2D eigenvalue weighted by Crippen LogP contribution is 2.54. The van der Waals surface area contributed by atoms with E-state index in [4.69, 9.17) is 9.47 Å². The molecule has 1 aromatic rings. The summed E-state index contributed by atoms with van der Waals surface area (Å²) in [5.74, 6) is 1.02. The largest absolute Gasteiger partial charge is 0.496 e. The van der Waals surface area contributed by atoms with E-state index in [0.717, 1.165) is 31.7 Å². The predicted molar refractivity (Wildman–Crippen MR) is 114 cm³/mol. The van der Waals surface area contributed by atoms with Crippen LogP contribution < -0.4 is 4.74 Å². The summed E-state index contributed by atoms with van der Waals surface area (Å²) in [6, 6.07) is 9.65. The van der Waals surface area contributed by atoms with Crippen molar-refractivity contribution < 1.29 is 14.3 Å². The Labute approximate surface area is 175 Å². The summed E-state index contributed by atoms with van der Waals surface area (Å²) in [7, 11) is 1.77. The molecule has 0 bridgehead atoms. The molecule has 0 N–H and O–H groups in total. The molecule has 29 heavy (non-hydrogen) atoms. The zero-order chi connectivity index (χ0) is 20.6. The van der Waals surface area contributed by atoms with Crippen LogP contribution in [0.2, 0.25) is 0 Å². The van der Waals surface area contributed by atoms with Gasteiger partial charge in [0.15, 0.2) is 0 Å². The Morgan fingerprint density at radius 2 is 1.79 bits per heavy atom. The molecule has 1 saturated carbocycles. The number of para-hydroxylation sites is 1. The minimum Gasteiger partial charge on any atom is -0.496 e. The molecule has 160 valence electrons. The zero-order valence-electron chi connectivity index (χ0n) is 18.4. The van der Waals surface area contributed by atoms with Crippen molar-refractivity contribution in [3.63, 3.8) is 0 Å². The Balaban J connectivity index is 1.33. The maximum absolute atomic E-state index is 12.3. The fraction of sp³-hybridized carbons (Fsp3) is 0.708. The average molecular weight is 401 g/mol. The van der Waals surface area contributed by atoms with Gasteiger partial charge in [0.05, 0.1) is 7.11 Å². The molecular formula is C24H36N2O3. The maximum atomic E-state index is 12.3. The molecule has 1 aliphatic carbocycles. The number of hydrogen-bond acceptors (Lipinski definition) is 4. The quantitative estimate of drug-likeness (QED) is 0.715. The van der Waals surface area contributed by atoms with E-state index in [1.165, 1.54) is 37.8 Å². The molecule has 2 heterocycles. The van der Waals surface area contributed by atoms with Crippen molar-refractivity contribution in [2.75, 3.05) is 26.7 Å². The molecule has 1 atom stereocenters. The third kappa shape index (κ3) is 4.25. The van der Waals surface area contributed by atoms with Gasteiger partial charge in [0.1, 0.15) is 11.4 Å². The highest BCUT2D eigenvalue weighted by Gasteiger charge is 2.50. The van der Waals surface area contributed by atoms with E-state index >= 15 is 0 Å². The van der Waals surface area contributed by atoms with Crippen LogP contribution in [0, 0.1) is 5.41 Å². The Morgan fingerprint density at radius 3 is 2.45 bits per heavy atom. The fourth-order valence-corrected chi connectivity index (χ4v) is 5.57. The van der Waals surface area contributed by atoms with Crippen molar-refractivity contribution >= 4 is 6.09 Å². The first kappa shape index (κ1) is 20.5. The van der Waals surface area contributed by atoms with Gasteiger partial charge in [-0.3, -0.25) is 4.90 Å². The second-order valence-corrected chi connectivity index (χ2v) is 10.2. The topological polar surface area (TPSA) is 42.0 Å². The summed E-state index contributed by atoms with van der Waals surface area (Å²) >= 11 is 0. The minimum absolute atomic E-state index is 0.154. The first-order valence-electron chi connectivity index (χ1n) is 11.2. The van der Waals surface area contributed by atoms with Gasteiger partial charge in [0, 0.05) is 30.7 Å². The summed E-state index contributed by atoms with van der Waals surface area (Å²) in [5.41, 5.74) is 1.35. The number of likely N-dealkylation sites (tertiary alicyclic amines) is 2. The number of rotatable bonds is 3. The van der Waals surface area contributed by atoms with Crippen molar-refractivity contribution in [3.05, 3.63) is 29.8 Å². The van der Waals surface area contributed by atoms with Gasteiger partial charge < -0.3 is 14.4 Å². The lowest BCUT2D eigenvalue weighted by molar-refractivity contribution is -0.0517. The number of carbonyl (C=O) groups is 1. The lowest BCUT2D eigenvalue weighted by Gasteiger charge is -2.55. The molecule has 1 spiro atoms.